The molecule has 0 bridgehead atoms. The van der Waals surface area contributed by atoms with E-state index in [1.165, 1.54) is 25.0 Å². The summed E-state index contributed by atoms with van der Waals surface area (Å²) in [4.78, 5) is 25.0. The number of rotatable bonds is 3. The summed E-state index contributed by atoms with van der Waals surface area (Å²) in [7, 11) is 1.77. The monoisotopic (exact) mass is 275 g/mol. The predicted molar refractivity (Wildman–Crippen MR) is 78.0 cm³/mol. The lowest BCUT2D eigenvalue weighted by molar-refractivity contribution is -0.122. The summed E-state index contributed by atoms with van der Waals surface area (Å²) in [5.41, 5.74) is 0.994. The van der Waals surface area contributed by atoms with E-state index in [4.69, 9.17) is 5.11 Å². The zero-order valence-electron chi connectivity index (χ0n) is 11.8. The molecule has 0 radical (unpaired) electrons. The number of carboxylic acid groups (broad SMARTS) is 1. The molecule has 1 saturated carbocycles. The highest BCUT2D eigenvalue weighted by molar-refractivity contribution is 5.95. The van der Waals surface area contributed by atoms with Gasteiger partial charge in [0.05, 0.1) is 5.56 Å². The van der Waals surface area contributed by atoms with E-state index in [0.29, 0.717) is 0 Å². The van der Waals surface area contributed by atoms with Crippen molar-refractivity contribution in [2.75, 3.05) is 11.9 Å². The Morgan fingerprint density at radius 3 is 2.10 bits per heavy atom. The van der Waals surface area contributed by atoms with E-state index in [-0.39, 0.29) is 17.4 Å². The molecular weight excluding hydrogens is 254 g/mol. The molecule has 1 fully saturated rings. The van der Waals surface area contributed by atoms with Crippen LogP contribution in [0.4, 0.5) is 5.69 Å². The number of carbonyl (C=O) groups is 2. The molecule has 1 aromatic carbocycles. The minimum atomic E-state index is -0.950. The molecule has 0 aromatic heterocycles. The van der Waals surface area contributed by atoms with Crippen LogP contribution in [0.2, 0.25) is 0 Å². The summed E-state index contributed by atoms with van der Waals surface area (Å²) >= 11 is 0. The Bertz CT molecular complexity index is 473. The van der Waals surface area contributed by atoms with Gasteiger partial charge in [-0.3, -0.25) is 4.79 Å². The van der Waals surface area contributed by atoms with Gasteiger partial charge in [-0.15, -0.1) is 0 Å². The van der Waals surface area contributed by atoms with Crippen molar-refractivity contribution in [2.45, 2.75) is 38.5 Å². The number of carbonyl (C=O) groups excluding carboxylic acids is 1. The average Bonchev–Trinajstić information content (AvgIpc) is 2.75. The maximum Gasteiger partial charge on any atom is 0.335 e. The van der Waals surface area contributed by atoms with Crippen molar-refractivity contribution in [1.82, 2.24) is 0 Å². The summed E-state index contributed by atoms with van der Waals surface area (Å²) in [6, 6.07) is 6.46. The average molecular weight is 275 g/mol. The second-order valence-electron chi connectivity index (χ2n) is 5.44. The Kier molecular flexibility index (Phi) is 4.77. The Morgan fingerprint density at radius 1 is 1.05 bits per heavy atom. The van der Waals surface area contributed by atoms with Crippen molar-refractivity contribution >= 4 is 17.6 Å². The van der Waals surface area contributed by atoms with Gasteiger partial charge in [0.15, 0.2) is 0 Å². The third-order valence-corrected chi connectivity index (χ3v) is 4.04. The molecule has 0 saturated heterocycles. The maximum atomic E-state index is 12.5. The predicted octanol–water partition coefficient (Wildman–Crippen LogP) is 3.32. The van der Waals surface area contributed by atoms with Crippen LogP contribution in [-0.2, 0) is 4.79 Å². The van der Waals surface area contributed by atoms with E-state index in [0.717, 1.165) is 31.4 Å². The van der Waals surface area contributed by atoms with Crippen LogP contribution in [0.5, 0.6) is 0 Å². The van der Waals surface area contributed by atoms with Gasteiger partial charge in [0, 0.05) is 18.7 Å². The number of hydrogen-bond acceptors (Lipinski definition) is 2. The molecule has 1 aliphatic carbocycles. The van der Waals surface area contributed by atoms with Crippen LogP contribution in [-0.4, -0.2) is 24.0 Å². The number of nitrogens with zero attached hydrogens (tertiary/aromatic N) is 1. The molecule has 20 heavy (non-hydrogen) atoms. The lowest BCUT2D eigenvalue weighted by atomic mass is 9.98. The number of anilines is 1. The molecular formula is C16H21NO3. The number of aromatic carboxylic acids is 1. The van der Waals surface area contributed by atoms with Crippen LogP contribution >= 0.6 is 0 Å². The SMILES string of the molecule is CN(C(=O)C1CCCCCC1)c1ccc(C(=O)O)cc1. The van der Waals surface area contributed by atoms with Crippen LogP contribution in [0.1, 0.15) is 48.9 Å². The first-order valence-electron chi connectivity index (χ1n) is 7.20. The third-order valence-electron chi connectivity index (χ3n) is 4.04. The van der Waals surface area contributed by atoms with Gasteiger partial charge in [0.1, 0.15) is 0 Å². The number of carboxylic acids is 1. The van der Waals surface area contributed by atoms with E-state index in [2.05, 4.69) is 0 Å². The van der Waals surface area contributed by atoms with Gasteiger partial charge in [-0.25, -0.2) is 4.79 Å². The van der Waals surface area contributed by atoms with Crippen LogP contribution in [0.25, 0.3) is 0 Å². The van der Waals surface area contributed by atoms with Crippen LogP contribution in [0.3, 0.4) is 0 Å². The highest BCUT2D eigenvalue weighted by Gasteiger charge is 2.23. The lowest BCUT2D eigenvalue weighted by Gasteiger charge is -2.23. The molecule has 1 aliphatic rings. The highest BCUT2D eigenvalue weighted by Crippen LogP contribution is 2.26. The third kappa shape index (κ3) is 3.38. The van der Waals surface area contributed by atoms with E-state index in [9.17, 15) is 9.59 Å². The van der Waals surface area contributed by atoms with Crippen molar-refractivity contribution in [1.29, 1.82) is 0 Å². The van der Waals surface area contributed by atoms with Crippen molar-refractivity contribution in [2.24, 2.45) is 5.92 Å². The maximum absolute atomic E-state index is 12.5. The van der Waals surface area contributed by atoms with E-state index in [1.54, 1.807) is 24.1 Å². The molecule has 1 aromatic rings. The molecule has 2 rings (SSSR count). The van der Waals surface area contributed by atoms with Crippen molar-refractivity contribution < 1.29 is 14.7 Å². The second kappa shape index (κ2) is 6.55. The van der Waals surface area contributed by atoms with Gasteiger partial charge in [-0.05, 0) is 37.1 Å². The topological polar surface area (TPSA) is 57.6 Å². The highest BCUT2D eigenvalue weighted by atomic mass is 16.4. The fourth-order valence-electron chi connectivity index (χ4n) is 2.76. The Balaban J connectivity index is 2.07. The standard InChI is InChI=1S/C16H21NO3/c1-17(14-10-8-13(9-11-14)16(19)20)15(18)12-6-4-2-3-5-7-12/h8-12H,2-7H2,1H3,(H,19,20). The normalized spacial score (nSPS) is 16.4. The molecule has 0 aliphatic heterocycles. The van der Waals surface area contributed by atoms with Gasteiger partial charge in [0.25, 0.3) is 0 Å². The van der Waals surface area contributed by atoms with Gasteiger partial charge in [-0.1, -0.05) is 25.7 Å². The van der Waals surface area contributed by atoms with Crippen LogP contribution in [0, 0.1) is 5.92 Å². The fourth-order valence-corrected chi connectivity index (χ4v) is 2.76. The number of benzene rings is 1. The summed E-state index contributed by atoms with van der Waals surface area (Å²) in [6.07, 6.45) is 6.64. The molecule has 0 atom stereocenters. The van der Waals surface area contributed by atoms with Gasteiger partial charge >= 0.3 is 5.97 Å². The van der Waals surface area contributed by atoms with E-state index < -0.39 is 5.97 Å². The number of hydrogen-bond donors (Lipinski definition) is 1. The zero-order chi connectivity index (χ0) is 14.5. The summed E-state index contributed by atoms with van der Waals surface area (Å²) in [5, 5.41) is 8.88. The Hall–Kier alpha value is -1.84. The lowest BCUT2D eigenvalue weighted by Crippen LogP contribution is -2.32. The molecule has 1 amide bonds. The first-order valence-corrected chi connectivity index (χ1v) is 7.20. The Morgan fingerprint density at radius 2 is 1.60 bits per heavy atom. The van der Waals surface area contributed by atoms with Crippen LogP contribution in [0.15, 0.2) is 24.3 Å². The van der Waals surface area contributed by atoms with Gasteiger partial charge in [0.2, 0.25) is 5.91 Å². The quantitative estimate of drug-likeness (QED) is 0.861. The molecule has 0 unspecified atom stereocenters. The van der Waals surface area contributed by atoms with Gasteiger partial charge < -0.3 is 10.0 Å². The molecule has 4 nitrogen and oxygen atoms in total. The fraction of sp³-hybridized carbons (Fsp3) is 0.500. The van der Waals surface area contributed by atoms with Gasteiger partial charge in [-0.2, -0.15) is 0 Å². The van der Waals surface area contributed by atoms with Crippen molar-refractivity contribution in [3.8, 4) is 0 Å². The molecule has 4 heteroatoms. The number of amides is 1. The van der Waals surface area contributed by atoms with E-state index in [1.807, 2.05) is 0 Å². The van der Waals surface area contributed by atoms with Crippen LogP contribution < -0.4 is 4.90 Å². The summed E-state index contributed by atoms with van der Waals surface area (Å²) in [5.74, 6) is -0.689. The van der Waals surface area contributed by atoms with Crippen molar-refractivity contribution in [3.63, 3.8) is 0 Å². The first-order chi connectivity index (χ1) is 9.59. The molecule has 108 valence electrons. The zero-order valence-corrected chi connectivity index (χ0v) is 11.8. The molecule has 1 N–H and O–H groups in total. The minimum Gasteiger partial charge on any atom is -0.478 e. The van der Waals surface area contributed by atoms with Crippen molar-refractivity contribution in [3.05, 3.63) is 29.8 Å². The first kappa shape index (κ1) is 14.6. The molecule has 0 spiro atoms. The summed E-state index contributed by atoms with van der Waals surface area (Å²) < 4.78 is 0. The Labute approximate surface area is 119 Å². The molecule has 0 heterocycles. The second-order valence-corrected chi connectivity index (χ2v) is 5.44. The smallest absolute Gasteiger partial charge is 0.335 e. The largest absolute Gasteiger partial charge is 0.478 e. The minimum absolute atomic E-state index is 0.113. The van der Waals surface area contributed by atoms with E-state index >= 15 is 0 Å². The summed E-state index contributed by atoms with van der Waals surface area (Å²) in [6.45, 7) is 0.